The van der Waals surface area contributed by atoms with Crippen molar-refractivity contribution in [1.82, 2.24) is 5.32 Å². The minimum absolute atomic E-state index is 0.0533. The van der Waals surface area contributed by atoms with Crippen molar-refractivity contribution in [3.05, 3.63) is 77.4 Å². The number of nitrogens with one attached hydrogen (secondary N) is 1. The minimum atomic E-state index is -1.50. The molecule has 0 aromatic heterocycles. The van der Waals surface area contributed by atoms with Crippen LogP contribution in [0, 0.1) is 32.4 Å². The van der Waals surface area contributed by atoms with E-state index in [4.69, 9.17) is 9.47 Å². The van der Waals surface area contributed by atoms with Gasteiger partial charge in [-0.2, -0.15) is 0 Å². The lowest BCUT2D eigenvalue weighted by atomic mass is 9.90. The molecule has 0 bridgehead atoms. The quantitative estimate of drug-likeness (QED) is 0.180. The molecule has 2 aromatic rings. The summed E-state index contributed by atoms with van der Waals surface area (Å²) in [6, 6.07) is 3.62. The molecule has 1 amide bonds. The second-order valence-electron chi connectivity index (χ2n) is 9.13. The van der Waals surface area contributed by atoms with Crippen molar-refractivity contribution in [2.24, 2.45) is 0 Å². The summed E-state index contributed by atoms with van der Waals surface area (Å²) < 4.78 is 42.8. The van der Waals surface area contributed by atoms with Crippen LogP contribution in [0.5, 0.6) is 5.75 Å². The first kappa shape index (κ1) is 30.7. The van der Waals surface area contributed by atoms with Crippen LogP contribution < -0.4 is 10.1 Å². The van der Waals surface area contributed by atoms with Crippen LogP contribution in [0.1, 0.15) is 60.9 Å². The minimum Gasteiger partial charge on any atom is -0.493 e. The Bertz CT molecular complexity index is 1180. The number of carbonyl (C=O) groups is 2. The number of hydrogen-bond acceptors (Lipinski definition) is 5. The van der Waals surface area contributed by atoms with Crippen molar-refractivity contribution in [2.45, 2.75) is 65.5 Å². The first-order chi connectivity index (χ1) is 18.0. The third kappa shape index (κ3) is 7.74. The second kappa shape index (κ2) is 14.4. The summed E-state index contributed by atoms with van der Waals surface area (Å²) in [5.74, 6) is -3.05. The van der Waals surface area contributed by atoms with Crippen LogP contribution in [-0.4, -0.2) is 36.3 Å². The zero-order valence-electron chi connectivity index (χ0n) is 22.5. The molecule has 0 saturated carbocycles. The van der Waals surface area contributed by atoms with Gasteiger partial charge in [-0.3, -0.25) is 9.59 Å². The van der Waals surface area contributed by atoms with Crippen molar-refractivity contribution in [1.29, 1.82) is 0 Å². The van der Waals surface area contributed by atoms with Crippen LogP contribution in [0.2, 0.25) is 0 Å². The van der Waals surface area contributed by atoms with Gasteiger partial charge in [-0.1, -0.05) is 18.2 Å². The third-order valence-corrected chi connectivity index (χ3v) is 5.97. The number of esters is 1. The summed E-state index contributed by atoms with van der Waals surface area (Å²) in [5, 5.41) is 12.5. The molecular weight excluding hydrogens is 492 g/mol. The lowest BCUT2D eigenvalue weighted by Gasteiger charge is -2.24. The molecule has 0 radical (unpaired) electrons. The molecule has 8 heteroatoms. The maximum Gasteiger partial charge on any atom is 0.308 e. The van der Waals surface area contributed by atoms with Gasteiger partial charge in [0.25, 0.3) is 0 Å². The van der Waals surface area contributed by atoms with Gasteiger partial charge in [0.1, 0.15) is 23.5 Å². The SMILES string of the molecule is C=CCCCOc1cc(C)cc(C)c1-c1cc(C)c(F)c([C@H](CC(=O)OCC)NC(=O)[C@H](O)CC=C)c1F. The fourth-order valence-electron chi connectivity index (χ4n) is 4.23. The normalized spacial score (nSPS) is 12.4. The van der Waals surface area contributed by atoms with Gasteiger partial charge in [0.15, 0.2) is 0 Å². The number of hydrogen-bond donors (Lipinski definition) is 2. The van der Waals surface area contributed by atoms with Crippen molar-refractivity contribution in [2.75, 3.05) is 13.2 Å². The van der Waals surface area contributed by atoms with Gasteiger partial charge in [0, 0.05) is 23.1 Å². The zero-order valence-corrected chi connectivity index (χ0v) is 22.5. The van der Waals surface area contributed by atoms with Crippen LogP contribution in [-0.2, 0) is 14.3 Å². The number of allylic oxidation sites excluding steroid dienone is 1. The Kier molecular flexibility index (Phi) is 11.7. The smallest absolute Gasteiger partial charge is 0.308 e. The molecule has 0 saturated heterocycles. The van der Waals surface area contributed by atoms with E-state index in [9.17, 15) is 14.7 Å². The molecule has 6 nitrogen and oxygen atoms in total. The Hall–Kier alpha value is -3.52. The molecule has 0 aliphatic rings. The molecule has 2 N–H and O–H groups in total. The lowest BCUT2D eigenvalue weighted by molar-refractivity contribution is -0.144. The average molecular weight is 530 g/mol. The lowest BCUT2D eigenvalue weighted by Crippen LogP contribution is -2.38. The number of halogens is 2. The number of aliphatic hydroxyl groups excluding tert-OH is 1. The topological polar surface area (TPSA) is 84.9 Å². The van der Waals surface area contributed by atoms with E-state index in [1.54, 1.807) is 26.0 Å². The maximum atomic E-state index is 16.3. The molecule has 0 heterocycles. The predicted octanol–water partition coefficient (Wildman–Crippen LogP) is 5.95. The van der Waals surface area contributed by atoms with Crippen molar-refractivity contribution >= 4 is 11.9 Å². The van der Waals surface area contributed by atoms with E-state index in [1.807, 2.05) is 13.0 Å². The van der Waals surface area contributed by atoms with Gasteiger partial charge in [0.05, 0.1) is 25.7 Å². The monoisotopic (exact) mass is 529 g/mol. The Labute approximate surface area is 223 Å². The van der Waals surface area contributed by atoms with E-state index in [2.05, 4.69) is 18.5 Å². The first-order valence-corrected chi connectivity index (χ1v) is 12.6. The van der Waals surface area contributed by atoms with Gasteiger partial charge < -0.3 is 19.9 Å². The number of benzene rings is 2. The molecule has 0 unspecified atom stereocenters. The van der Waals surface area contributed by atoms with E-state index in [0.717, 1.165) is 12.0 Å². The highest BCUT2D eigenvalue weighted by atomic mass is 19.1. The molecule has 0 fully saturated rings. The first-order valence-electron chi connectivity index (χ1n) is 12.6. The Morgan fingerprint density at radius 3 is 2.42 bits per heavy atom. The van der Waals surface area contributed by atoms with Gasteiger partial charge >= 0.3 is 5.97 Å². The fraction of sp³-hybridized carbons (Fsp3) is 0.400. The standard InChI is InChI=1S/C30H37F2NO5/c1-7-10-11-13-38-24-15-18(4)14-19(5)26(24)21-16-20(6)28(31)27(29(21)32)22(17-25(35)37-9-3)33-30(36)23(34)12-8-2/h7-8,14-16,22-23,34H,1-2,9-13,17H2,3-6H3,(H,33,36)/t22-,23+/m0/s1. The molecule has 38 heavy (non-hydrogen) atoms. The van der Waals surface area contributed by atoms with E-state index < -0.39 is 47.6 Å². The van der Waals surface area contributed by atoms with Gasteiger partial charge in [0.2, 0.25) is 5.91 Å². The zero-order chi connectivity index (χ0) is 28.4. The molecule has 0 spiro atoms. The molecule has 2 rings (SSSR count). The van der Waals surface area contributed by atoms with E-state index in [1.165, 1.54) is 19.1 Å². The van der Waals surface area contributed by atoms with Crippen molar-refractivity contribution < 1.29 is 33.0 Å². The van der Waals surface area contributed by atoms with Crippen LogP contribution in [0.15, 0.2) is 43.5 Å². The highest BCUT2D eigenvalue weighted by Gasteiger charge is 2.31. The number of aryl methyl sites for hydroxylation is 3. The third-order valence-electron chi connectivity index (χ3n) is 5.97. The average Bonchev–Trinajstić information content (AvgIpc) is 2.84. The molecule has 0 aliphatic carbocycles. The van der Waals surface area contributed by atoms with Crippen molar-refractivity contribution in [3.8, 4) is 16.9 Å². The maximum absolute atomic E-state index is 16.3. The van der Waals surface area contributed by atoms with E-state index >= 15 is 8.78 Å². The van der Waals surface area contributed by atoms with Gasteiger partial charge in [-0.05, 0) is 69.4 Å². The van der Waals surface area contributed by atoms with Gasteiger partial charge in [-0.25, -0.2) is 8.78 Å². The molecule has 2 atom stereocenters. The van der Waals surface area contributed by atoms with Crippen LogP contribution in [0.25, 0.3) is 11.1 Å². The number of amides is 1. The Morgan fingerprint density at radius 1 is 1.08 bits per heavy atom. The number of aliphatic hydroxyl groups is 1. The molecule has 206 valence electrons. The predicted molar refractivity (Wildman–Crippen MR) is 144 cm³/mol. The van der Waals surface area contributed by atoms with E-state index in [0.29, 0.717) is 29.9 Å². The number of unbranched alkanes of at least 4 members (excludes halogenated alkanes) is 1. The van der Waals surface area contributed by atoms with Crippen LogP contribution >= 0.6 is 0 Å². The van der Waals surface area contributed by atoms with Crippen LogP contribution in [0.3, 0.4) is 0 Å². The van der Waals surface area contributed by atoms with Gasteiger partial charge in [-0.15, -0.1) is 13.2 Å². The summed E-state index contributed by atoms with van der Waals surface area (Å²) in [4.78, 5) is 25.0. The molecule has 0 aliphatic heterocycles. The number of ether oxygens (including phenoxy) is 2. The Balaban J connectivity index is 2.69. The number of rotatable bonds is 14. The molecular formula is C30H37F2NO5. The summed E-state index contributed by atoms with van der Waals surface area (Å²) >= 11 is 0. The fourth-order valence-corrected chi connectivity index (χ4v) is 4.23. The summed E-state index contributed by atoms with van der Waals surface area (Å²) in [6.07, 6.45) is 2.49. The highest BCUT2D eigenvalue weighted by molar-refractivity contribution is 5.82. The van der Waals surface area contributed by atoms with Crippen molar-refractivity contribution in [3.63, 3.8) is 0 Å². The Morgan fingerprint density at radius 2 is 1.79 bits per heavy atom. The van der Waals surface area contributed by atoms with Crippen LogP contribution in [0.4, 0.5) is 8.78 Å². The highest BCUT2D eigenvalue weighted by Crippen LogP contribution is 2.40. The summed E-state index contributed by atoms with van der Waals surface area (Å²) in [5.41, 5.74) is 1.77. The van der Waals surface area contributed by atoms with E-state index in [-0.39, 0.29) is 24.2 Å². The number of carbonyl (C=O) groups excluding carboxylic acids is 2. The summed E-state index contributed by atoms with van der Waals surface area (Å²) in [6.45, 7) is 14.4. The molecule has 2 aromatic carbocycles. The summed E-state index contributed by atoms with van der Waals surface area (Å²) in [7, 11) is 0. The second-order valence-corrected chi connectivity index (χ2v) is 9.13. The largest absolute Gasteiger partial charge is 0.493 e.